The second-order valence-corrected chi connectivity index (χ2v) is 7.13. The van der Waals surface area contributed by atoms with Crippen molar-refractivity contribution in [3.8, 4) is 6.07 Å². The summed E-state index contributed by atoms with van der Waals surface area (Å²) in [5, 5.41) is 13.5. The first kappa shape index (κ1) is 15.3. The van der Waals surface area contributed by atoms with E-state index in [1.807, 2.05) is 0 Å². The summed E-state index contributed by atoms with van der Waals surface area (Å²) in [5.41, 5.74) is 5.50. The molecule has 3 rings (SSSR count). The molecule has 0 radical (unpaired) electrons. The standard InChI is InChI=1S/C19H27N3/c1-13(2)18-16(12-20)19(21-14-8-4-3-5-9-14)15-10-6-7-11-17(15)22-18/h13-14H,3-11H2,1-2H3,(H,21,22). The van der Waals surface area contributed by atoms with Crippen LogP contribution in [-0.4, -0.2) is 11.0 Å². The van der Waals surface area contributed by atoms with Crippen LogP contribution in [0.4, 0.5) is 5.69 Å². The highest BCUT2D eigenvalue weighted by atomic mass is 14.9. The molecule has 1 saturated carbocycles. The fourth-order valence-electron chi connectivity index (χ4n) is 3.90. The molecule has 2 aliphatic rings. The van der Waals surface area contributed by atoms with E-state index in [0.29, 0.717) is 12.0 Å². The number of nitrogens with zero attached hydrogens (tertiary/aromatic N) is 2. The van der Waals surface area contributed by atoms with E-state index >= 15 is 0 Å². The minimum absolute atomic E-state index is 0.300. The maximum absolute atomic E-state index is 9.75. The number of pyridine rings is 1. The molecule has 118 valence electrons. The summed E-state index contributed by atoms with van der Waals surface area (Å²) in [4.78, 5) is 4.87. The van der Waals surface area contributed by atoms with E-state index in [-0.39, 0.29) is 0 Å². The van der Waals surface area contributed by atoms with E-state index < -0.39 is 0 Å². The lowest BCUT2D eigenvalue weighted by Crippen LogP contribution is -2.25. The van der Waals surface area contributed by atoms with Gasteiger partial charge in [0.1, 0.15) is 6.07 Å². The second-order valence-electron chi connectivity index (χ2n) is 7.13. The first-order chi connectivity index (χ1) is 10.7. The zero-order chi connectivity index (χ0) is 15.5. The fraction of sp³-hybridized carbons (Fsp3) is 0.684. The van der Waals surface area contributed by atoms with E-state index in [1.165, 1.54) is 56.2 Å². The fourth-order valence-corrected chi connectivity index (χ4v) is 3.90. The van der Waals surface area contributed by atoms with Crippen LogP contribution < -0.4 is 5.32 Å². The highest BCUT2D eigenvalue weighted by Crippen LogP contribution is 2.35. The van der Waals surface area contributed by atoms with Gasteiger partial charge in [0.25, 0.3) is 0 Å². The predicted molar refractivity (Wildman–Crippen MR) is 90.2 cm³/mol. The molecule has 3 heteroatoms. The third kappa shape index (κ3) is 2.97. The molecule has 1 fully saturated rings. The van der Waals surface area contributed by atoms with Crippen molar-refractivity contribution in [3.05, 3.63) is 22.5 Å². The van der Waals surface area contributed by atoms with Gasteiger partial charge in [0.15, 0.2) is 0 Å². The molecule has 2 aliphatic carbocycles. The zero-order valence-corrected chi connectivity index (χ0v) is 13.9. The monoisotopic (exact) mass is 297 g/mol. The number of fused-ring (bicyclic) bond motifs is 1. The Morgan fingerprint density at radius 1 is 1.09 bits per heavy atom. The molecule has 1 aromatic rings. The topological polar surface area (TPSA) is 48.7 Å². The van der Waals surface area contributed by atoms with E-state index in [1.54, 1.807) is 0 Å². The van der Waals surface area contributed by atoms with Crippen LogP contribution in [0.15, 0.2) is 0 Å². The Balaban J connectivity index is 2.04. The van der Waals surface area contributed by atoms with Gasteiger partial charge in [-0.1, -0.05) is 33.1 Å². The Hall–Kier alpha value is -1.56. The smallest absolute Gasteiger partial charge is 0.103 e. The highest BCUT2D eigenvalue weighted by molar-refractivity contribution is 5.67. The van der Waals surface area contributed by atoms with Crippen LogP contribution in [0.25, 0.3) is 0 Å². The molecule has 1 aromatic heterocycles. The van der Waals surface area contributed by atoms with Crippen LogP contribution in [0.2, 0.25) is 0 Å². The number of nitriles is 1. The molecule has 0 atom stereocenters. The lowest BCUT2D eigenvalue weighted by Gasteiger charge is -2.29. The van der Waals surface area contributed by atoms with Gasteiger partial charge >= 0.3 is 0 Å². The molecule has 3 nitrogen and oxygen atoms in total. The van der Waals surface area contributed by atoms with Crippen LogP contribution in [0.5, 0.6) is 0 Å². The molecule has 0 bridgehead atoms. The summed E-state index contributed by atoms with van der Waals surface area (Å²) in [6.45, 7) is 4.28. The minimum atomic E-state index is 0.300. The Labute approximate surface area is 134 Å². The first-order valence-corrected chi connectivity index (χ1v) is 8.93. The number of aryl methyl sites for hydroxylation is 1. The van der Waals surface area contributed by atoms with Crippen LogP contribution in [-0.2, 0) is 12.8 Å². The minimum Gasteiger partial charge on any atom is -0.381 e. The Morgan fingerprint density at radius 2 is 1.82 bits per heavy atom. The zero-order valence-electron chi connectivity index (χ0n) is 13.9. The van der Waals surface area contributed by atoms with Crippen molar-refractivity contribution in [2.24, 2.45) is 0 Å². The normalized spacial score (nSPS) is 18.8. The van der Waals surface area contributed by atoms with Crippen molar-refractivity contribution in [2.45, 2.75) is 83.6 Å². The summed E-state index contributed by atoms with van der Waals surface area (Å²) in [6.07, 6.45) is 11.0. The summed E-state index contributed by atoms with van der Waals surface area (Å²) >= 11 is 0. The third-order valence-corrected chi connectivity index (χ3v) is 5.11. The second kappa shape index (κ2) is 6.69. The molecule has 0 spiro atoms. The SMILES string of the molecule is CC(C)c1nc2c(c(NC3CCCCC3)c1C#N)CCCC2. The molecule has 0 saturated heterocycles. The Bertz CT molecular complexity index is 577. The quantitative estimate of drug-likeness (QED) is 0.879. The van der Waals surface area contributed by atoms with Gasteiger partial charge in [0.05, 0.1) is 16.9 Å². The number of aromatic nitrogens is 1. The van der Waals surface area contributed by atoms with Crippen LogP contribution >= 0.6 is 0 Å². The van der Waals surface area contributed by atoms with E-state index in [4.69, 9.17) is 4.98 Å². The molecule has 0 amide bonds. The van der Waals surface area contributed by atoms with Gasteiger partial charge in [-0.05, 0) is 50.0 Å². The summed E-state index contributed by atoms with van der Waals surface area (Å²) in [5.74, 6) is 0.300. The molecule has 0 aliphatic heterocycles. The number of hydrogen-bond donors (Lipinski definition) is 1. The summed E-state index contributed by atoms with van der Waals surface area (Å²) in [6, 6.07) is 3.00. The molecular formula is C19H27N3. The van der Waals surface area contributed by atoms with Crippen molar-refractivity contribution in [3.63, 3.8) is 0 Å². The molecule has 0 unspecified atom stereocenters. The van der Waals surface area contributed by atoms with Gasteiger partial charge in [-0.15, -0.1) is 0 Å². The van der Waals surface area contributed by atoms with Crippen molar-refractivity contribution in [1.29, 1.82) is 5.26 Å². The van der Waals surface area contributed by atoms with Gasteiger partial charge in [-0.2, -0.15) is 5.26 Å². The average Bonchev–Trinajstić information content (AvgIpc) is 2.55. The number of anilines is 1. The third-order valence-electron chi connectivity index (χ3n) is 5.11. The van der Waals surface area contributed by atoms with Gasteiger partial charge in [0, 0.05) is 11.7 Å². The first-order valence-electron chi connectivity index (χ1n) is 8.93. The van der Waals surface area contributed by atoms with E-state index in [9.17, 15) is 5.26 Å². The lowest BCUT2D eigenvalue weighted by atomic mass is 9.88. The van der Waals surface area contributed by atoms with Gasteiger partial charge in [0.2, 0.25) is 0 Å². The maximum Gasteiger partial charge on any atom is 0.103 e. The number of nitrogens with one attached hydrogen (secondary N) is 1. The van der Waals surface area contributed by atoms with Crippen LogP contribution in [0, 0.1) is 11.3 Å². The lowest BCUT2D eigenvalue weighted by molar-refractivity contribution is 0.462. The maximum atomic E-state index is 9.75. The van der Waals surface area contributed by atoms with Crippen LogP contribution in [0.1, 0.15) is 87.2 Å². The number of rotatable bonds is 3. The average molecular weight is 297 g/mol. The Morgan fingerprint density at radius 3 is 2.50 bits per heavy atom. The summed E-state index contributed by atoms with van der Waals surface area (Å²) < 4.78 is 0. The largest absolute Gasteiger partial charge is 0.381 e. The number of hydrogen-bond acceptors (Lipinski definition) is 3. The summed E-state index contributed by atoms with van der Waals surface area (Å²) in [7, 11) is 0. The predicted octanol–water partition coefficient (Wildman–Crippen LogP) is 4.70. The molecule has 1 N–H and O–H groups in total. The van der Waals surface area contributed by atoms with Crippen LogP contribution in [0.3, 0.4) is 0 Å². The molecule has 22 heavy (non-hydrogen) atoms. The van der Waals surface area contributed by atoms with Gasteiger partial charge in [-0.25, -0.2) is 0 Å². The van der Waals surface area contributed by atoms with Gasteiger partial charge in [-0.3, -0.25) is 4.98 Å². The van der Waals surface area contributed by atoms with Crippen molar-refractivity contribution in [1.82, 2.24) is 4.98 Å². The molecular weight excluding hydrogens is 270 g/mol. The van der Waals surface area contributed by atoms with Crippen molar-refractivity contribution in [2.75, 3.05) is 5.32 Å². The van der Waals surface area contributed by atoms with Crippen molar-refractivity contribution < 1.29 is 0 Å². The van der Waals surface area contributed by atoms with E-state index in [2.05, 4.69) is 25.2 Å². The highest BCUT2D eigenvalue weighted by Gasteiger charge is 2.25. The van der Waals surface area contributed by atoms with Crippen molar-refractivity contribution >= 4 is 5.69 Å². The Kier molecular flexibility index (Phi) is 4.66. The van der Waals surface area contributed by atoms with Gasteiger partial charge < -0.3 is 5.32 Å². The molecule has 1 heterocycles. The molecule has 0 aromatic carbocycles. The van der Waals surface area contributed by atoms with E-state index in [0.717, 1.165) is 29.8 Å².